The zero-order valence-electron chi connectivity index (χ0n) is 11.7. The van der Waals surface area contributed by atoms with Gasteiger partial charge in [0.1, 0.15) is 5.82 Å². The summed E-state index contributed by atoms with van der Waals surface area (Å²) in [5.41, 5.74) is 0.962. The van der Waals surface area contributed by atoms with Gasteiger partial charge in [0.2, 0.25) is 0 Å². The van der Waals surface area contributed by atoms with E-state index in [1.807, 2.05) is 4.90 Å². The number of nitrogens with zero attached hydrogens (tertiary/aromatic N) is 2. The minimum absolute atomic E-state index is 0.0693. The number of carbonyl (C=O) groups is 1. The molecular weight excluding hydrogens is 372 g/mol. The van der Waals surface area contributed by atoms with E-state index in [9.17, 15) is 9.18 Å². The van der Waals surface area contributed by atoms with Gasteiger partial charge in [0.15, 0.2) is 0 Å². The van der Waals surface area contributed by atoms with Crippen molar-refractivity contribution in [1.29, 1.82) is 0 Å². The van der Waals surface area contributed by atoms with Crippen molar-refractivity contribution in [2.75, 3.05) is 32.5 Å². The summed E-state index contributed by atoms with van der Waals surface area (Å²) in [6.07, 6.45) is 1.82. The van der Waals surface area contributed by atoms with Crippen molar-refractivity contribution in [3.05, 3.63) is 27.6 Å². The van der Waals surface area contributed by atoms with Crippen LogP contribution >= 0.6 is 22.6 Å². The second-order valence-corrected chi connectivity index (χ2v) is 6.37. The number of anilines is 1. The molecule has 1 aromatic carbocycles. The third-order valence-electron chi connectivity index (χ3n) is 3.44. The first-order valence-corrected chi connectivity index (χ1v) is 7.73. The van der Waals surface area contributed by atoms with E-state index in [1.165, 1.54) is 12.1 Å². The predicted molar refractivity (Wildman–Crippen MR) is 86.4 cm³/mol. The molecule has 1 N–H and O–H groups in total. The molecule has 1 heterocycles. The molecule has 0 spiro atoms. The molecule has 20 heavy (non-hydrogen) atoms. The Morgan fingerprint density at radius 1 is 1.40 bits per heavy atom. The molecule has 1 saturated heterocycles. The van der Waals surface area contributed by atoms with Crippen molar-refractivity contribution >= 4 is 34.3 Å². The molecule has 1 aliphatic rings. The topological polar surface area (TPSA) is 35.6 Å². The number of likely N-dealkylation sites (tertiary alicyclic amines) is 1. The fourth-order valence-corrected chi connectivity index (χ4v) is 2.96. The number of hydrogen-bond acceptors (Lipinski definition) is 2. The second kappa shape index (κ2) is 6.60. The number of hydrogen-bond donors (Lipinski definition) is 1. The standard InChI is InChI=1S/C14H19FIN3O/c1-18(2)14(20)19-7-5-11(6-8-19)17-13-4-3-10(15)9-12(13)16/h3-4,9,11,17H,5-8H2,1-2H3. The zero-order chi connectivity index (χ0) is 14.7. The van der Waals surface area contributed by atoms with Crippen molar-refractivity contribution in [2.45, 2.75) is 18.9 Å². The SMILES string of the molecule is CN(C)C(=O)N1CCC(Nc2ccc(F)cc2I)CC1. The normalized spacial score (nSPS) is 16.1. The summed E-state index contributed by atoms with van der Waals surface area (Å²) in [5, 5.41) is 3.44. The summed E-state index contributed by atoms with van der Waals surface area (Å²) in [5.74, 6) is -0.216. The maximum Gasteiger partial charge on any atom is 0.319 e. The Morgan fingerprint density at radius 3 is 2.60 bits per heavy atom. The predicted octanol–water partition coefficient (Wildman–Crippen LogP) is 2.99. The fourth-order valence-electron chi connectivity index (χ4n) is 2.32. The summed E-state index contributed by atoms with van der Waals surface area (Å²) in [6.45, 7) is 1.51. The molecule has 4 nitrogen and oxygen atoms in total. The van der Waals surface area contributed by atoms with Gasteiger partial charge in [-0.2, -0.15) is 0 Å². The Kier molecular flexibility index (Phi) is 5.06. The van der Waals surface area contributed by atoms with Gasteiger partial charge in [0.05, 0.1) is 0 Å². The molecule has 0 atom stereocenters. The zero-order valence-corrected chi connectivity index (χ0v) is 13.9. The van der Waals surface area contributed by atoms with Gasteiger partial charge in [0.25, 0.3) is 0 Å². The monoisotopic (exact) mass is 391 g/mol. The number of urea groups is 1. The molecule has 2 amide bonds. The van der Waals surface area contributed by atoms with Gasteiger partial charge in [0, 0.05) is 42.5 Å². The van der Waals surface area contributed by atoms with E-state index in [-0.39, 0.29) is 11.8 Å². The van der Waals surface area contributed by atoms with Crippen molar-refractivity contribution in [1.82, 2.24) is 9.80 Å². The van der Waals surface area contributed by atoms with Crippen LogP contribution in [0.2, 0.25) is 0 Å². The van der Waals surface area contributed by atoms with Crippen molar-refractivity contribution in [3.63, 3.8) is 0 Å². The second-order valence-electron chi connectivity index (χ2n) is 5.21. The maximum absolute atomic E-state index is 13.1. The molecule has 6 heteroatoms. The van der Waals surface area contributed by atoms with Crippen molar-refractivity contribution < 1.29 is 9.18 Å². The van der Waals surface area contributed by atoms with Crippen LogP contribution in [0.5, 0.6) is 0 Å². The lowest BCUT2D eigenvalue weighted by Crippen LogP contribution is -2.46. The Hall–Kier alpha value is -1.05. The van der Waals surface area contributed by atoms with Crippen LogP contribution in [0.3, 0.4) is 0 Å². The first-order valence-electron chi connectivity index (χ1n) is 6.65. The molecule has 0 aromatic heterocycles. The van der Waals surface area contributed by atoms with E-state index >= 15 is 0 Å². The van der Waals surface area contributed by atoms with Crippen molar-refractivity contribution in [2.24, 2.45) is 0 Å². The molecular formula is C14H19FIN3O. The van der Waals surface area contributed by atoms with E-state index in [1.54, 1.807) is 25.1 Å². The smallest absolute Gasteiger partial charge is 0.319 e. The van der Waals surface area contributed by atoms with Crippen LogP contribution < -0.4 is 5.32 Å². The van der Waals surface area contributed by atoms with E-state index in [2.05, 4.69) is 27.9 Å². The van der Waals surface area contributed by atoms with Crippen LogP contribution in [-0.4, -0.2) is 49.1 Å². The summed E-state index contributed by atoms with van der Waals surface area (Å²) >= 11 is 2.13. The van der Waals surface area contributed by atoms with Crippen LogP contribution in [0, 0.1) is 9.39 Å². The van der Waals surface area contributed by atoms with Crippen LogP contribution in [-0.2, 0) is 0 Å². The summed E-state index contributed by atoms with van der Waals surface area (Å²) < 4.78 is 13.9. The van der Waals surface area contributed by atoms with Crippen LogP contribution in [0.15, 0.2) is 18.2 Å². The van der Waals surface area contributed by atoms with Gasteiger partial charge in [-0.25, -0.2) is 9.18 Å². The van der Waals surface area contributed by atoms with Crippen LogP contribution in [0.1, 0.15) is 12.8 Å². The molecule has 0 radical (unpaired) electrons. The molecule has 0 unspecified atom stereocenters. The maximum atomic E-state index is 13.1. The minimum atomic E-state index is -0.216. The Balaban J connectivity index is 1.90. The number of amides is 2. The highest BCUT2D eigenvalue weighted by atomic mass is 127. The lowest BCUT2D eigenvalue weighted by Gasteiger charge is -2.34. The molecule has 0 bridgehead atoms. The summed E-state index contributed by atoms with van der Waals surface area (Å²) in [4.78, 5) is 15.3. The number of piperidine rings is 1. The number of carbonyl (C=O) groups excluding carboxylic acids is 1. The Labute approximate surface area is 132 Å². The number of rotatable bonds is 2. The number of benzene rings is 1. The third kappa shape index (κ3) is 3.74. The molecule has 2 rings (SSSR count). The van der Waals surface area contributed by atoms with E-state index in [4.69, 9.17) is 0 Å². The first-order chi connectivity index (χ1) is 9.47. The van der Waals surface area contributed by atoms with Crippen LogP contribution in [0.4, 0.5) is 14.9 Å². The third-order valence-corrected chi connectivity index (χ3v) is 4.33. The largest absolute Gasteiger partial charge is 0.381 e. The molecule has 0 saturated carbocycles. The lowest BCUT2D eigenvalue weighted by molar-refractivity contribution is 0.158. The lowest BCUT2D eigenvalue weighted by atomic mass is 10.0. The minimum Gasteiger partial charge on any atom is -0.381 e. The van der Waals surface area contributed by atoms with Gasteiger partial charge >= 0.3 is 6.03 Å². The van der Waals surface area contributed by atoms with Gasteiger partial charge in [-0.15, -0.1) is 0 Å². The highest BCUT2D eigenvalue weighted by Gasteiger charge is 2.23. The molecule has 110 valence electrons. The molecule has 1 fully saturated rings. The summed E-state index contributed by atoms with van der Waals surface area (Å²) in [6, 6.07) is 5.16. The average molecular weight is 391 g/mol. The number of nitrogens with one attached hydrogen (secondary N) is 1. The molecule has 0 aliphatic carbocycles. The quantitative estimate of drug-likeness (QED) is 0.787. The van der Waals surface area contributed by atoms with E-state index < -0.39 is 0 Å². The van der Waals surface area contributed by atoms with Crippen LogP contribution in [0.25, 0.3) is 0 Å². The Bertz CT molecular complexity index is 487. The molecule has 1 aliphatic heterocycles. The fraction of sp³-hybridized carbons (Fsp3) is 0.500. The van der Waals surface area contributed by atoms with E-state index in [0.29, 0.717) is 6.04 Å². The first kappa shape index (κ1) is 15.3. The van der Waals surface area contributed by atoms with Gasteiger partial charge < -0.3 is 15.1 Å². The van der Waals surface area contributed by atoms with Gasteiger partial charge in [-0.3, -0.25) is 0 Å². The van der Waals surface area contributed by atoms with Crippen molar-refractivity contribution in [3.8, 4) is 0 Å². The molecule has 1 aromatic rings. The Morgan fingerprint density at radius 2 is 2.05 bits per heavy atom. The highest BCUT2D eigenvalue weighted by molar-refractivity contribution is 14.1. The highest BCUT2D eigenvalue weighted by Crippen LogP contribution is 2.23. The van der Waals surface area contributed by atoms with Gasteiger partial charge in [-0.1, -0.05) is 0 Å². The average Bonchev–Trinajstić information content (AvgIpc) is 2.42. The van der Waals surface area contributed by atoms with E-state index in [0.717, 1.165) is 35.2 Å². The van der Waals surface area contributed by atoms with Gasteiger partial charge in [-0.05, 0) is 53.6 Å². The number of halogens is 2. The summed E-state index contributed by atoms with van der Waals surface area (Å²) in [7, 11) is 3.54.